The molecule has 12 heavy (non-hydrogen) atoms. The Morgan fingerprint density at radius 3 is 2.33 bits per heavy atom. The first-order chi connectivity index (χ1) is 5.37. The zero-order chi connectivity index (χ0) is 9.15. The van der Waals surface area contributed by atoms with Crippen LogP contribution < -0.4 is 0 Å². The molecule has 3 atom stereocenters. The molecule has 68 valence electrons. The van der Waals surface area contributed by atoms with Gasteiger partial charge in [0.05, 0.1) is 0 Å². The third-order valence-corrected chi connectivity index (χ3v) is 4.15. The summed E-state index contributed by atoms with van der Waals surface area (Å²) in [4.78, 5) is 11.4. The van der Waals surface area contributed by atoms with Crippen molar-refractivity contribution in [3.63, 3.8) is 0 Å². The predicted octanol–water partition coefficient (Wildman–Crippen LogP) is 1.37. The predicted molar refractivity (Wildman–Crippen MR) is 45.6 cm³/mol. The molecule has 2 heteroatoms. The lowest BCUT2D eigenvalue weighted by Crippen LogP contribution is -2.64. The summed E-state index contributed by atoms with van der Waals surface area (Å²) in [7, 11) is 0. The van der Waals surface area contributed by atoms with E-state index in [9.17, 15) is 9.90 Å². The molecule has 0 saturated heterocycles. The van der Waals surface area contributed by atoms with Crippen LogP contribution in [0, 0.1) is 17.3 Å². The molecule has 2 nitrogen and oxygen atoms in total. The molecule has 3 aliphatic carbocycles. The van der Waals surface area contributed by atoms with Crippen molar-refractivity contribution < 1.29 is 9.90 Å². The smallest absolute Gasteiger partial charge is 0.164 e. The van der Waals surface area contributed by atoms with Crippen LogP contribution in [0.5, 0.6) is 0 Å². The number of rotatable bonds is 0. The van der Waals surface area contributed by atoms with E-state index in [4.69, 9.17) is 0 Å². The molecule has 3 saturated carbocycles. The fourth-order valence-corrected chi connectivity index (χ4v) is 2.94. The van der Waals surface area contributed by atoms with E-state index in [1.807, 2.05) is 0 Å². The van der Waals surface area contributed by atoms with E-state index in [1.165, 1.54) is 0 Å². The first-order valence-electron chi connectivity index (χ1n) is 4.62. The maximum absolute atomic E-state index is 11.4. The molecule has 0 aromatic carbocycles. The Labute approximate surface area is 73.0 Å². The first-order valence-corrected chi connectivity index (χ1v) is 4.62. The number of hydrogen-bond donors (Lipinski definition) is 1. The van der Waals surface area contributed by atoms with Gasteiger partial charge in [0.25, 0.3) is 0 Å². The van der Waals surface area contributed by atoms with Gasteiger partial charge in [-0.2, -0.15) is 0 Å². The van der Waals surface area contributed by atoms with Crippen LogP contribution in [0.2, 0.25) is 0 Å². The molecular formula is C10H16O2. The molecule has 3 fully saturated rings. The second-order valence-corrected chi connectivity index (χ2v) is 5.08. The Bertz CT molecular complexity index is 240. The number of ketones is 1. The zero-order valence-electron chi connectivity index (χ0n) is 7.92. The molecule has 2 bridgehead atoms. The van der Waals surface area contributed by atoms with Crippen LogP contribution in [-0.2, 0) is 4.79 Å². The van der Waals surface area contributed by atoms with Crippen LogP contribution in [-0.4, -0.2) is 16.5 Å². The van der Waals surface area contributed by atoms with Crippen molar-refractivity contribution in [1.29, 1.82) is 0 Å². The largest absolute Gasteiger partial charge is 0.382 e. The molecule has 0 aromatic rings. The maximum Gasteiger partial charge on any atom is 0.164 e. The summed E-state index contributed by atoms with van der Waals surface area (Å²) >= 11 is 0. The molecule has 0 aliphatic heterocycles. The van der Waals surface area contributed by atoms with Crippen LogP contribution in [0.3, 0.4) is 0 Å². The second kappa shape index (κ2) is 1.92. The summed E-state index contributed by atoms with van der Waals surface area (Å²) in [6.45, 7) is 6.00. The number of carbonyl (C=O) groups excluding carboxylic acids is 1. The topological polar surface area (TPSA) is 37.3 Å². The van der Waals surface area contributed by atoms with Gasteiger partial charge < -0.3 is 5.11 Å². The Hall–Kier alpha value is -0.370. The minimum Gasteiger partial charge on any atom is -0.382 e. The van der Waals surface area contributed by atoms with Crippen LogP contribution in [0.15, 0.2) is 0 Å². The summed E-state index contributed by atoms with van der Waals surface area (Å²) in [5.74, 6) is 0.759. The Balaban J connectivity index is 2.33. The molecule has 3 aliphatic rings. The molecule has 0 amide bonds. The third kappa shape index (κ3) is 0.717. The van der Waals surface area contributed by atoms with Gasteiger partial charge in [-0.25, -0.2) is 0 Å². The summed E-state index contributed by atoms with van der Waals surface area (Å²) in [6.07, 6.45) is 1.61. The van der Waals surface area contributed by atoms with Crippen LogP contribution >= 0.6 is 0 Å². The average Bonchev–Trinajstić information content (AvgIpc) is 1.93. The fraction of sp³-hybridized carbons (Fsp3) is 0.900. The minimum absolute atomic E-state index is 0.0445. The molecule has 0 spiro atoms. The highest BCUT2D eigenvalue weighted by molar-refractivity contribution is 5.89. The Morgan fingerprint density at radius 2 is 2.00 bits per heavy atom. The van der Waals surface area contributed by atoms with Gasteiger partial charge in [-0.15, -0.1) is 0 Å². The quantitative estimate of drug-likeness (QED) is 0.593. The number of Topliss-reactive ketones (excluding diaryl/α,β-unsaturated/α-hetero) is 1. The normalized spacial score (nSPS) is 50.2. The molecule has 0 heterocycles. The summed E-state index contributed by atoms with van der Waals surface area (Å²) in [5.41, 5.74) is -0.865. The molecule has 2 unspecified atom stereocenters. The maximum atomic E-state index is 11.4. The lowest BCUT2D eigenvalue weighted by molar-refractivity contribution is -0.196. The Kier molecular flexibility index (Phi) is 1.32. The van der Waals surface area contributed by atoms with Gasteiger partial charge in [-0.1, -0.05) is 13.8 Å². The third-order valence-electron chi connectivity index (χ3n) is 4.15. The fourth-order valence-electron chi connectivity index (χ4n) is 2.94. The number of carbonyl (C=O) groups is 1. The molecule has 1 N–H and O–H groups in total. The van der Waals surface area contributed by atoms with Gasteiger partial charge in [0.15, 0.2) is 5.78 Å². The van der Waals surface area contributed by atoms with Crippen molar-refractivity contribution in [2.24, 2.45) is 17.3 Å². The minimum atomic E-state index is -1.04. The van der Waals surface area contributed by atoms with Crippen molar-refractivity contribution in [3.8, 4) is 0 Å². The molecule has 0 aromatic heterocycles. The standard InChI is InChI=1S/C10H16O2/c1-9(2)6-4-7(9)10(3,12)8(11)5-6/h6-7,12H,4-5H2,1-3H3/t6?,7?,10-/m0/s1. The van der Waals surface area contributed by atoms with Gasteiger partial charge in [-0.05, 0) is 24.7 Å². The van der Waals surface area contributed by atoms with Gasteiger partial charge >= 0.3 is 0 Å². The van der Waals surface area contributed by atoms with E-state index in [0.29, 0.717) is 12.3 Å². The second-order valence-electron chi connectivity index (χ2n) is 5.08. The van der Waals surface area contributed by atoms with E-state index >= 15 is 0 Å². The van der Waals surface area contributed by atoms with Gasteiger partial charge in [0, 0.05) is 12.3 Å². The van der Waals surface area contributed by atoms with E-state index in [1.54, 1.807) is 6.92 Å². The number of hydrogen-bond acceptors (Lipinski definition) is 2. The molecular weight excluding hydrogens is 152 g/mol. The average molecular weight is 168 g/mol. The Morgan fingerprint density at radius 1 is 1.42 bits per heavy atom. The van der Waals surface area contributed by atoms with Crippen molar-refractivity contribution in [2.45, 2.75) is 39.2 Å². The van der Waals surface area contributed by atoms with Crippen molar-refractivity contribution in [2.75, 3.05) is 0 Å². The van der Waals surface area contributed by atoms with Gasteiger partial charge in [-0.3, -0.25) is 4.79 Å². The van der Waals surface area contributed by atoms with Crippen LogP contribution in [0.1, 0.15) is 33.6 Å². The highest BCUT2D eigenvalue weighted by Gasteiger charge is 2.62. The van der Waals surface area contributed by atoms with E-state index in [0.717, 1.165) is 6.42 Å². The van der Waals surface area contributed by atoms with E-state index < -0.39 is 5.60 Å². The number of aliphatic hydroxyl groups is 1. The van der Waals surface area contributed by atoms with Crippen molar-refractivity contribution in [3.05, 3.63) is 0 Å². The lowest BCUT2D eigenvalue weighted by Gasteiger charge is -2.61. The van der Waals surface area contributed by atoms with Crippen LogP contribution in [0.25, 0.3) is 0 Å². The SMILES string of the molecule is CC1(C)C2CC(=O)[C@@](C)(O)C1C2. The zero-order valence-corrected chi connectivity index (χ0v) is 7.92. The number of fused-ring (bicyclic) bond motifs is 2. The van der Waals surface area contributed by atoms with Crippen molar-refractivity contribution >= 4 is 5.78 Å². The summed E-state index contributed by atoms with van der Waals surface area (Å²) < 4.78 is 0. The monoisotopic (exact) mass is 168 g/mol. The van der Waals surface area contributed by atoms with Gasteiger partial charge in [0.1, 0.15) is 5.60 Å². The summed E-state index contributed by atoms with van der Waals surface area (Å²) in [6, 6.07) is 0. The van der Waals surface area contributed by atoms with Crippen LogP contribution in [0.4, 0.5) is 0 Å². The lowest BCUT2D eigenvalue weighted by atomic mass is 9.44. The van der Waals surface area contributed by atoms with E-state index in [2.05, 4.69) is 13.8 Å². The van der Waals surface area contributed by atoms with Gasteiger partial charge in [0.2, 0.25) is 0 Å². The van der Waals surface area contributed by atoms with Crippen molar-refractivity contribution in [1.82, 2.24) is 0 Å². The molecule has 0 radical (unpaired) electrons. The first kappa shape index (κ1) is 8.24. The highest BCUT2D eigenvalue weighted by Crippen LogP contribution is 2.61. The molecule has 3 rings (SSSR count). The summed E-state index contributed by atoms with van der Waals surface area (Å²) in [5, 5.41) is 9.94. The van der Waals surface area contributed by atoms with E-state index in [-0.39, 0.29) is 17.1 Å². The highest BCUT2D eigenvalue weighted by atomic mass is 16.3.